The zero-order valence-electron chi connectivity index (χ0n) is 9.56. The maximum Gasteiger partial charge on any atom is 0.122 e. The second-order valence-corrected chi connectivity index (χ2v) is 3.91. The average Bonchev–Trinajstić information content (AvgIpc) is 2.20. The van der Waals surface area contributed by atoms with E-state index in [2.05, 4.69) is 31.3 Å². The monoisotopic (exact) mass is 227 g/mol. The Kier molecular flexibility index (Phi) is 4.92. The second kappa shape index (κ2) is 5.99. The van der Waals surface area contributed by atoms with Crippen LogP contribution < -0.4 is 10.1 Å². The highest BCUT2D eigenvalue weighted by Crippen LogP contribution is 2.24. The summed E-state index contributed by atoms with van der Waals surface area (Å²) in [6, 6.07) is 4.74. The highest BCUT2D eigenvalue weighted by Gasteiger charge is 2.06. The van der Waals surface area contributed by atoms with Crippen LogP contribution in [0, 0.1) is 13.8 Å². The molecule has 0 atom stereocenters. The number of aryl methyl sites for hydroxylation is 2. The van der Waals surface area contributed by atoms with Crippen molar-refractivity contribution in [2.45, 2.75) is 20.3 Å². The number of benzene rings is 1. The van der Waals surface area contributed by atoms with Gasteiger partial charge in [0, 0.05) is 6.54 Å². The van der Waals surface area contributed by atoms with Crippen molar-refractivity contribution in [3.63, 3.8) is 0 Å². The molecule has 0 aliphatic heterocycles. The molecule has 2 nitrogen and oxygen atoms in total. The third kappa shape index (κ3) is 3.40. The molecule has 0 bridgehead atoms. The summed E-state index contributed by atoms with van der Waals surface area (Å²) in [5.74, 6) is 0.976. The van der Waals surface area contributed by atoms with Gasteiger partial charge in [-0.25, -0.2) is 0 Å². The van der Waals surface area contributed by atoms with Crippen LogP contribution in [0.2, 0.25) is 0 Å². The molecule has 0 saturated heterocycles. The number of nitrogens with one attached hydrogen (secondary N) is 1. The molecule has 0 aromatic heterocycles. The Bertz CT molecular complexity index is 326. The first-order valence-corrected chi connectivity index (χ1v) is 5.63. The fraction of sp³-hybridized carbons (Fsp3) is 0.500. The maximum absolute atomic E-state index is 5.56. The summed E-state index contributed by atoms with van der Waals surface area (Å²) < 4.78 is 5.38. The van der Waals surface area contributed by atoms with Gasteiger partial charge in [-0.15, -0.1) is 11.6 Å². The number of ether oxygens (including phenoxy) is 1. The number of rotatable bonds is 5. The Morgan fingerprint density at radius 2 is 2.07 bits per heavy atom. The molecule has 0 heterocycles. The highest BCUT2D eigenvalue weighted by atomic mass is 35.5. The number of methoxy groups -OCH3 is 1. The van der Waals surface area contributed by atoms with Crippen LogP contribution in [0.4, 0.5) is 0 Å². The smallest absolute Gasteiger partial charge is 0.122 e. The lowest BCUT2D eigenvalue weighted by molar-refractivity contribution is 0.408. The van der Waals surface area contributed by atoms with E-state index < -0.39 is 0 Å². The Morgan fingerprint density at radius 1 is 1.33 bits per heavy atom. The van der Waals surface area contributed by atoms with E-state index in [1.807, 2.05) is 0 Å². The summed E-state index contributed by atoms with van der Waals surface area (Å²) in [5.41, 5.74) is 3.78. The summed E-state index contributed by atoms with van der Waals surface area (Å²) >= 11 is 5.56. The van der Waals surface area contributed by atoms with Crippen molar-refractivity contribution in [1.29, 1.82) is 0 Å². The first kappa shape index (κ1) is 12.3. The molecule has 84 valence electrons. The van der Waals surface area contributed by atoms with Crippen LogP contribution in [-0.2, 0) is 6.42 Å². The van der Waals surface area contributed by atoms with E-state index in [0.717, 1.165) is 18.7 Å². The summed E-state index contributed by atoms with van der Waals surface area (Å²) in [7, 11) is 1.71. The van der Waals surface area contributed by atoms with Crippen LogP contribution in [0.25, 0.3) is 0 Å². The topological polar surface area (TPSA) is 21.3 Å². The largest absolute Gasteiger partial charge is 0.496 e. The molecule has 3 heteroatoms. The van der Waals surface area contributed by atoms with Crippen LogP contribution in [0.5, 0.6) is 5.75 Å². The van der Waals surface area contributed by atoms with Crippen LogP contribution in [0.1, 0.15) is 16.7 Å². The van der Waals surface area contributed by atoms with E-state index >= 15 is 0 Å². The van der Waals surface area contributed by atoms with Crippen LogP contribution in [-0.4, -0.2) is 19.7 Å². The lowest BCUT2D eigenvalue weighted by atomic mass is 10.0. The summed E-state index contributed by atoms with van der Waals surface area (Å²) in [6.07, 6.45) is 0.946. The highest BCUT2D eigenvalue weighted by molar-refractivity contribution is 6.17. The number of hydrogen-bond donors (Lipinski definition) is 1. The predicted molar refractivity (Wildman–Crippen MR) is 64.9 cm³/mol. The maximum atomic E-state index is 5.56. The molecule has 0 saturated carbocycles. The van der Waals surface area contributed by atoms with Gasteiger partial charge in [-0.2, -0.15) is 0 Å². The minimum Gasteiger partial charge on any atom is -0.496 e. The number of alkyl halides is 1. The molecule has 0 spiro atoms. The molecule has 0 aliphatic rings. The average molecular weight is 228 g/mol. The fourth-order valence-electron chi connectivity index (χ4n) is 1.74. The van der Waals surface area contributed by atoms with Crippen molar-refractivity contribution in [2.24, 2.45) is 0 Å². The SMILES string of the molecule is COc1cc(C)cc(C)c1CCNCCl. The zero-order chi connectivity index (χ0) is 11.3. The third-order valence-electron chi connectivity index (χ3n) is 2.44. The van der Waals surface area contributed by atoms with E-state index in [-0.39, 0.29) is 0 Å². The molecule has 1 rings (SSSR count). The Balaban J connectivity index is 2.84. The molecule has 0 aliphatic carbocycles. The van der Waals surface area contributed by atoms with Gasteiger partial charge in [0.25, 0.3) is 0 Å². The first-order valence-electron chi connectivity index (χ1n) is 5.09. The standard InChI is InChI=1S/C12H18ClNO/c1-9-6-10(2)11(4-5-14-8-13)12(7-9)15-3/h6-7,14H,4-5,8H2,1-3H3. The summed E-state index contributed by atoms with van der Waals surface area (Å²) in [5, 5.41) is 3.10. The minimum atomic E-state index is 0.493. The van der Waals surface area contributed by atoms with Crippen LogP contribution in [0.15, 0.2) is 12.1 Å². The Labute approximate surface area is 96.6 Å². The van der Waals surface area contributed by atoms with E-state index in [9.17, 15) is 0 Å². The molecule has 0 amide bonds. The van der Waals surface area contributed by atoms with Gasteiger partial charge in [-0.1, -0.05) is 6.07 Å². The van der Waals surface area contributed by atoms with Crippen molar-refractivity contribution in [1.82, 2.24) is 5.32 Å². The molecule has 0 unspecified atom stereocenters. The van der Waals surface area contributed by atoms with Crippen molar-refractivity contribution < 1.29 is 4.74 Å². The summed E-state index contributed by atoms with van der Waals surface area (Å²) in [6.45, 7) is 5.08. The predicted octanol–water partition coefficient (Wildman–Crippen LogP) is 2.64. The third-order valence-corrected chi connectivity index (χ3v) is 2.63. The molecule has 1 N–H and O–H groups in total. The minimum absolute atomic E-state index is 0.493. The van der Waals surface area contributed by atoms with E-state index in [1.165, 1.54) is 16.7 Å². The molecular weight excluding hydrogens is 210 g/mol. The van der Waals surface area contributed by atoms with Crippen LogP contribution in [0.3, 0.4) is 0 Å². The van der Waals surface area contributed by atoms with Crippen molar-refractivity contribution in [3.8, 4) is 5.75 Å². The van der Waals surface area contributed by atoms with E-state index in [1.54, 1.807) is 7.11 Å². The second-order valence-electron chi connectivity index (χ2n) is 3.65. The fourth-order valence-corrected chi connectivity index (χ4v) is 1.87. The first-order chi connectivity index (χ1) is 7.19. The molecule has 0 radical (unpaired) electrons. The van der Waals surface area contributed by atoms with Crippen molar-refractivity contribution >= 4 is 11.6 Å². The van der Waals surface area contributed by atoms with E-state index in [0.29, 0.717) is 6.00 Å². The molecular formula is C12H18ClNO. The lowest BCUT2D eigenvalue weighted by Gasteiger charge is -2.12. The van der Waals surface area contributed by atoms with Gasteiger partial charge in [0.05, 0.1) is 13.1 Å². The van der Waals surface area contributed by atoms with Gasteiger partial charge in [0.15, 0.2) is 0 Å². The van der Waals surface area contributed by atoms with Crippen molar-refractivity contribution in [2.75, 3.05) is 19.7 Å². The number of hydrogen-bond acceptors (Lipinski definition) is 2. The quantitative estimate of drug-likeness (QED) is 0.475. The Morgan fingerprint density at radius 3 is 2.67 bits per heavy atom. The molecule has 15 heavy (non-hydrogen) atoms. The Hall–Kier alpha value is -0.730. The van der Waals surface area contributed by atoms with Gasteiger partial charge in [0.2, 0.25) is 0 Å². The van der Waals surface area contributed by atoms with Gasteiger partial charge in [0.1, 0.15) is 5.75 Å². The normalized spacial score (nSPS) is 10.4. The lowest BCUT2D eigenvalue weighted by Crippen LogP contribution is -2.15. The van der Waals surface area contributed by atoms with Gasteiger partial charge >= 0.3 is 0 Å². The zero-order valence-corrected chi connectivity index (χ0v) is 10.3. The van der Waals surface area contributed by atoms with E-state index in [4.69, 9.17) is 16.3 Å². The summed E-state index contributed by atoms with van der Waals surface area (Å²) in [4.78, 5) is 0. The van der Waals surface area contributed by atoms with Gasteiger partial charge in [-0.3, -0.25) is 0 Å². The van der Waals surface area contributed by atoms with Gasteiger partial charge in [-0.05, 0) is 43.0 Å². The van der Waals surface area contributed by atoms with Crippen LogP contribution >= 0.6 is 11.6 Å². The molecule has 0 fully saturated rings. The molecule has 1 aromatic rings. The van der Waals surface area contributed by atoms with Gasteiger partial charge < -0.3 is 10.1 Å². The number of halogens is 1. The van der Waals surface area contributed by atoms with Crippen molar-refractivity contribution in [3.05, 3.63) is 28.8 Å². The molecule has 1 aromatic carbocycles.